The second kappa shape index (κ2) is 10.3. The maximum atomic E-state index is 13.8. The van der Waals surface area contributed by atoms with Crippen molar-refractivity contribution in [2.45, 2.75) is 62.7 Å². The van der Waals surface area contributed by atoms with Gasteiger partial charge >= 0.3 is 0 Å². The van der Waals surface area contributed by atoms with Crippen molar-refractivity contribution in [3.63, 3.8) is 0 Å². The monoisotopic (exact) mass is 425 g/mol. The molecular formula is C20H25ClFN3O2S. The molecule has 1 saturated heterocycles. The first kappa shape index (κ1) is 21.1. The molecule has 2 fully saturated rings. The average Bonchev–Trinajstić information content (AvgIpc) is 2.96. The van der Waals surface area contributed by atoms with Crippen molar-refractivity contribution in [3.8, 4) is 0 Å². The van der Waals surface area contributed by atoms with Crippen LogP contribution < -0.4 is 10.6 Å². The largest absolute Gasteiger partial charge is 0.352 e. The van der Waals surface area contributed by atoms with Gasteiger partial charge in [-0.25, -0.2) is 4.39 Å². The van der Waals surface area contributed by atoms with E-state index in [1.165, 1.54) is 62.1 Å². The zero-order chi connectivity index (χ0) is 19.9. The molecule has 2 N–H and O–H groups in total. The Kier molecular flexibility index (Phi) is 7.73. The second-order valence-corrected chi connectivity index (χ2v) is 8.77. The van der Waals surface area contributed by atoms with Crippen molar-refractivity contribution in [1.29, 1.82) is 0 Å². The normalized spacial score (nSPS) is 22.6. The molecule has 1 heterocycles. The number of hydrogen-bond acceptors (Lipinski definition) is 4. The summed E-state index contributed by atoms with van der Waals surface area (Å²) in [7, 11) is 0. The van der Waals surface area contributed by atoms with Crippen molar-refractivity contribution in [2.75, 3.05) is 6.54 Å². The summed E-state index contributed by atoms with van der Waals surface area (Å²) < 4.78 is 13.8. The van der Waals surface area contributed by atoms with Crippen LogP contribution in [0.4, 0.5) is 4.39 Å². The summed E-state index contributed by atoms with van der Waals surface area (Å²) in [6.07, 6.45) is 8.79. The number of carbonyl (C=O) groups is 2. The molecule has 3 rings (SSSR count). The van der Waals surface area contributed by atoms with E-state index in [1.54, 1.807) is 0 Å². The van der Waals surface area contributed by atoms with E-state index in [0.29, 0.717) is 11.6 Å². The van der Waals surface area contributed by atoms with Gasteiger partial charge in [-0.3, -0.25) is 14.6 Å². The number of nitrogens with zero attached hydrogens (tertiary/aromatic N) is 1. The number of nitrogens with one attached hydrogen (secondary N) is 2. The van der Waals surface area contributed by atoms with Crippen LogP contribution in [-0.4, -0.2) is 34.8 Å². The van der Waals surface area contributed by atoms with Crippen LogP contribution in [-0.2, 0) is 4.79 Å². The van der Waals surface area contributed by atoms with Crippen LogP contribution in [0.25, 0.3) is 0 Å². The number of rotatable bonds is 5. The average molecular weight is 426 g/mol. The number of thioether (sulfide) groups is 1. The van der Waals surface area contributed by atoms with E-state index in [2.05, 4.69) is 10.6 Å². The molecule has 28 heavy (non-hydrogen) atoms. The first-order valence-electron chi connectivity index (χ1n) is 9.82. The molecule has 2 amide bonds. The van der Waals surface area contributed by atoms with Crippen molar-refractivity contribution in [3.05, 3.63) is 34.6 Å². The number of halogens is 2. The third kappa shape index (κ3) is 5.70. The highest BCUT2D eigenvalue weighted by molar-refractivity contribution is 8.15. The van der Waals surface area contributed by atoms with Crippen molar-refractivity contribution >= 4 is 40.3 Å². The van der Waals surface area contributed by atoms with E-state index in [-0.39, 0.29) is 34.3 Å². The predicted molar refractivity (Wildman–Crippen MR) is 111 cm³/mol. The Balaban J connectivity index is 1.49. The van der Waals surface area contributed by atoms with E-state index in [1.807, 2.05) is 0 Å². The Bertz CT molecular complexity index is 731. The van der Waals surface area contributed by atoms with Gasteiger partial charge in [0.15, 0.2) is 5.17 Å². The number of aliphatic imine (C=N–C) groups is 1. The summed E-state index contributed by atoms with van der Waals surface area (Å²) in [6.45, 7) is 0.255. The minimum atomic E-state index is -0.661. The fraction of sp³-hybridized carbons (Fsp3) is 0.550. The SMILES string of the molecule is O=C(NCCC1SC(=NC2CCCCCCC2)NC1=O)c1c(F)cccc1Cl. The zero-order valence-corrected chi connectivity index (χ0v) is 17.3. The van der Waals surface area contributed by atoms with E-state index in [4.69, 9.17) is 16.6 Å². The molecule has 0 bridgehead atoms. The molecular weight excluding hydrogens is 401 g/mol. The molecule has 0 aromatic heterocycles. The third-order valence-corrected chi connectivity index (χ3v) is 6.51. The van der Waals surface area contributed by atoms with Gasteiger partial charge in [-0.05, 0) is 31.4 Å². The fourth-order valence-electron chi connectivity index (χ4n) is 3.51. The zero-order valence-electron chi connectivity index (χ0n) is 15.7. The molecule has 1 aromatic rings. The van der Waals surface area contributed by atoms with Crippen LogP contribution in [0.2, 0.25) is 5.02 Å². The first-order valence-corrected chi connectivity index (χ1v) is 11.1. The van der Waals surface area contributed by atoms with Crippen LogP contribution in [0.15, 0.2) is 23.2 Å². The number of amidine groups is 1. The summed E-state index contributed by atoms with van der Waals surface area (Å²) in [6, 6.07) is 4.40. The molecule has 2 aliphatic rings. The van der Waals surface area contributed by atoms with Crippen LogP contribution in [0, 0.1) is 5.82 Å². The highest BCUT2D eigenvalue weighted by Crippen LogP contribution is 2.26. The summed E-state index contributed by atoms with van der Waals surface area (Å²) in [5, 5.41) is 5.95. The van der Waals surface area contributed by atoms with E-state index < -0.39 is 11.7 Å². The van der Waals surface area contributed by atoms with Crippen LogP contribution in [0.5, 0.6) is 0 Å². The Labute approximate surface area is 173 Å². The smallest absolute Gasteiger partial charge is 0.255 e. The third-order valence-electron chi connectivity index (χ3n) is 5.03. The van der Waals surface area contributed by atoms with Crippen LogP contribution in [0.3, 0.4) is 0 Å². The van der Waals surface area contributed by atoms with Gasteiger partial charge in [0.25, 0.3) is 5.91 Å². The predicted octanol–water partition coefficient (Wildman–Crippen LogP) is 4.30. The number of amides is 2. The summed E-state index contributed by atoms with van der Waals surface area (Å²) >= 11 is 7.32. The van der Waals surface area contributed by atoms with E-state index in [0.717, 1.165) is 12.8 Å². The molecule has 1 unspecified atom stereocenters. The molecule has 0 radical (unpaired) electrons. The Hall–Kier alpha value is -1.60. The summed E-state index contributed by atoms with van der Waals surface area (Å²) in [4.78, 5) is 29.1. The number of benzene rings is 1. The lowest BCUT2D eigenvalue weighted by Gasteiger charge is -2.16. The van der Waals surface area contributed by atoms with Crippen LogP contribution >= 0.6 is 23.4 Å². The van der Waals surface area contributed by atoms with Crippen molar-refractivity contribution in [1.82, 2.24) is 10.6 Å². The molecule has 1 atom stereocenters. The lowest BCUT2D eigenvalue weighted by atomic mass is 9.97. The lowest BCUT2D eigenvalue weighted by Crippen LogP contribution is -2.31. The topological polar surface area (TPSA) is 70.6 Å². The molecule has 5 nitrogen and oxygen atoms in total. The van der Waals surface area contributed by atoms with Gasteiger partial charge in [-0.2, -0.15) is 0 Å². The molecule has 1 aliphatic carbocycles. The van der Waals surface area contributed by atoms with Crippen LogP contribution in [0.1, 0.15) is 61.7 Å². The first-order chi connectivity index (χ1) is 13.5. The van der Waals surface area contributed by atoms with Crippen molar-refractivity contribution < 1.29 is 14.0 Å². The molecule has 1 aromatic carbocycles. The Morgan fingerprint density at radius 1 is 1.25 bits per heavy atom. The molecule has 1 saturated carbocycles. The number of hydrogen-bond donors (Lipinski definition) is 2. The van der Waals surface area contributed by atoms with Gasteiger partial charge in [0.05, 0.1) is 21.9 Å². The standard InChI is InChI=1S/C20H25ClFN3O2S/c21-14-9-6-10-15(22)17(14)19(27)23-12-11-16-18(26)25-20(28-16)24-13-7-4-2-1-3-5-8-13/h6,9-10,13,16H,1-5,7-8,11-12H2,(H,23,27)(H,24,25,26). The van der Waals surface area contributed by atoms with Gasteiger partial charge in [-0.15, -0.1) is 0 Å². The van der Waals surface area contributed by atoms with Gasteiger partial charge in [-0.1, -0.05) is 61.5 Å². The molecule has 1 aliphatic heterocycles. The quantitative estimate of drug-likeness (QED) is 0.738. The Morgan fingerprint density at radius 3 is 2.68 bits per heavy atom. The molecule has 8 heteroatoms. The van der Waals surface area contributed by atoms with E-state index in [9.17, 15) is 14.0 Å². The highest BCUT2D eigenvalue weighted by Gasteiger charge is 2.30. The maximum absolute atomic E-state index is 13.8. The number of carbonyl (C=O) groups excluding carboxylic acids is 2. The summed E-state index contributed by atoms with van der Waals surface area (Å²) in [5.74, 6) is -1.32. The minimum Gasteiger partial charge on any atom is -0.352 e. The maximum Gasteiger partial charge on any atom is 0.255 e. The van der Waals surface area contributed by atoms with Gasteiger partial charge in [0.1, 0.15) is 5.82 Å². The fourth-order valence-corrected chi connectivity index (χ4v) is 4.80. The van der Waals surface area contributed by atoms with Crippen molar-refractivity contribution in [2.24, 2.45) is 4.99 Å². The van der Waals surface area contributed by atoms with Gasteiger partial charge < -0.3 is 10.6 Å². The highest BCUT2D eigenvalue weighted by atomic mass is 35.5. The lowest BCUT2D eigenvalue weighted by molar-refractivity contribution is -0.118. The van der Waals surface area contributed by atoms with Gasteiger partial charge in [0, 0.05) is 6.54 Å². The van der Waals surface area contributed by atoms with E-state index >= 15 is 0 Å². The van der Waals surface area contributed by atoms with Gasteiger partial charge in [0.2, 0.25) is 5.91 Å². The molecule has 0 spiro atoms. The minimum absolute atomic E-state index is 0.0686. The second-order valence-electron chi connectivity index (χ2n) is 7.17. The Morgan fingerprint density at radius 2 is 1.96 bits per heavy atom. The summed E-state index contributed by atoms with van der Waals surface area (Å²) in [5.41, 5.74) is -0.167. The molecule has 152 valence electrons.